The lowest BCUT2D eigenvalue weighted by Gasteiger charge is -2.19. The van der Waals surface area contributed by atoms with E-state index in [9.17, 15) is 15.0 Å². The van der Waals surface area contributed by atoms with Crippen molar-refractivity contribution in [3.63, 3.8) is 0 Å². The van der Waals surface area contributed by atoms with Crippen LogP contribution < -0.4 is 5.43 Å². The Hall–Kier alpha value is -2.34. The molecular weight excluding hydrogens is 324 g/mol. The molecule has 2 aromatic rings. The van der Waals surface area contributed by atoms with Crippen molar-refractivity contribution in [3.05, 3.63) is 45.1 Å². The van der Waals surface area contributed by atoms with E-state index in [-0.39, 0.29) is 17.4 Å². The summed E-state index contributed by atoms with van der Waals surface area (Å²) in [5.74, 6) is 0.0947. The maximum Gasteiger partial charge on any atom is 0.281 e. The van der Waals surface area contributed by atoms with Gasteiger partial charge in [-0.25, -0.2) is 5.43 Å². The van der Waals surface area contributed by atoms with Crippen LogP contribution in [-0.2, 0) is 12.8 Å². The summed E-state index contributed by atoms with van der Waals surface area (Å²) in [7, 11) is 0. The number of aryl methyl sites for hydroxylation is 1. The molecule has 1 amide bonds. The maximum absolute atomic E-state index is 12.2. The van der Waals surface area contributed by atoms with Gasteiger partial charge in [-0.1, -0.05) is 13.3 Å². The third kappa shape index (κ3) is 3.59. The molecule has 1 aromatic heterocycles. The molecule has 1 atom stereocenters. The molecule has 0 unspecified atom stereocenters. The third-order valence-corrected chi connectivity index (χ3v) is 5.60. The maximum atomic E-state index is 12.2. The number of phenols is 2. The number of nitrogens with zero attached hydrogens (tertiary/aromatic N) is 1. The van der Waals surface area contributed by atoms with Crippen molar-refractivity contribution in [3.8, 4) is 11.5 Å². The molecular formula is C18H20N2O3S. The molecule has 1 aliphatic rings. The van der Waals surface area contributed by atoms with E-state index in [4.69, 9.17) is 0 Å². The zero-order chi connectivity index (χ0) is 17.1. The number of nitrogens with one attached hydrogen (secondary N) is 1. The van der Waals surface area contributed by atoms with Crippen molar-refractivity contribution in [1.29, 1.82) is 0 Å². The van der Waals surface area contributed by atoms with Crippen LogP contribution in [0.1, 0.15) is 45.4 Å². The average molecular weight is 344 g/mol. The van der Waals surface area contributed by atoms with E-state index in [0.717, 1.165) is 18.8 Å². The van der Waals surface area contributed by atoms with Crippen molar-refractivity contribution >= 4 is 23.5 Å². The molecule has 3 rings (SSSR count). The van der Waals surface area contributed by atoms with Crippen molar-refractivity contribution in [2.24, 2.45) is 11.0 Å². The van der Waals surface area contributed by atoms with Gasteiger partial charge in [0.1, 0.15) is 0 Å². The Morgan fingerprint density at radius 3 is 2.96 bits per heavy atom. The Morgan fingerprint density at radius 1 is 1.38 bits per heavy atom. The van der Waals surface area contributed by atoms with Crippen LogP contribution in [-0.4, -0.2) is 22.3 Å². The van der Waals surface area contributed by atoms with E-state index in [2.05, 4.69) is 17.5 Å². The second-order valence-electron chi connectivity index (χ2n) is 6.02. The van der Waals surface area contributed by atoms with E-state index in [1.165, 1.54) is 41.6 Å². The molecule has 0 bridgehead atoms. The Morgan fingerprint density at radius 2 is 2.21 bits per heavy atom. The van der Waals surface area contributed by atoms with E-state index in [0.29, 0.717) is 10.4 Å². The van der Waals surface area contributed by atoms with E-state index >= 15 is 0 Å². The van der Waals surface area contributed by atoms with Crippen molar-refractivity contribution in [2.75, 3.05) is 0 Å². The van der Waals surface area contributed by atoms with Gasteiger partial charge in [0, 0.05) is 4.88 Å². The lowest BCUT2D eigenvalue weighted by molar-refractivity contribution is 0.0959. The molecule has 5 nitrogen and oxygen atoms in total. The smallest absolute Gasteiger partial charge is 0.281 e. The topological polar surface area (TPSA) is 81.9 Å². The molecule has 1 aliphatic carbocycles. The van der Waals surface area contributed by atoms with Crippen molar-refractivity contribution in [1.82, 2.24) is 5.43 Å². The van der Waals surface area contributed by atoms with Crippen LogP contribution in [0.5, 0.6) is 11.5 Å². The van der Waals surface area contributed by atoms with Crippen LogP contribution in [0.4, 0.5) is 0 Å². The first-order chi connectivity index (χ1) is 11.6. The molecule has 0 spiro atoms. The van der Waals surface area contributed by atoms with Gasteiger partial charge in [-0.2, -0.15) is 5.10 Å². The highest BCUT2D eigenvalue weighted by atomic mass is 32.1. The van der Waals surface area contributed by atoms with Gasteiger partial charge in [0.2, 0.25) is 0 Å². The highest BCUT2D eigenvalue weighted by Crippen LogP contribution is 2.33. The molecule has 0 saturated carbocycles. The zero-order valence-electron chi connectivity index (χ0n) is 13.5. The Balaban J connectivity index is 1.64. The fraction of sp³-hybridized carbons (Fsp3) is 0.333. The molecule has 0 radical (unpaired) electrons. The van der Waals surface area contributed by atoms with Crippen LogP contribution >= 0.6 is 11.3 Å². The lowest BCUT2D eigenvalue weighted by Crippen LogP contribution is -2.16. The largest absolute Gasteiger partial charge is 0.504 e. The number of hydrogen-bond donors (Lipinski definition) is 3. The number of fused-ring (bicyclic) bond motifs is 1. The van der Waals surface area contributed by atoms with Crippen LogP contribution in [0.3, 0.4) is 0 Å². The SMILES string of the molecule is CC[C@H]1CCc2sc(C(=O)N/N=C\c3ccc(O)c(O)c3)cc2C1. The number of carbonyl (C=O) groups excluding carboxylic acids is 1. The number of phenolic OH excluding ortho intramolecular Hbond substituents is 2. The summed E-state index contributed by atoms with van der Waals surface area (Å²) in [5, 5.41) is 22.6. The van der Waals surface area contributed by atoms with Gasteiger partial charge in [0.15, 0.2) is 11.5 Å². The minimum absolute atomic E-state index is 0.189. The number of thiophene rings is 1. The summed E-state index contributed by atoms with van der Waals surface area (Å²) >= 11 is 1.55. The highest BCUT2D eigenvalue weighted by molar-refractivity contribution is 7.14. The van der Waals surface area contributed by atoms with Crippen molar-refractivity contribution in [2.45, 2.75) is 32.6 Å². The number of hydrogen-bond acceptors (Lipinski definition) is 5. The van der Waals surface area contributed by atoms with Crippen LogP contribution in [0.15, 0.2) is 29.4 Å². The van der Waals surface area contributed by atoms with Gasteiger partial charge < -0.3 is 10.2 Å². The highest BCUT2D eigenvalue weighted by Gasteiger charge is 2.21. The van der Waals surface area contributed by atoms with Gasteiger partial charge in [0.05, 0.1) is 11.1 Å². The molecule has 0 aliphatic heterocycles. The van der Waals surface area contributed by atoms with Crippen molar-refractivity contribution < 1.29 is 15.0 Å². The third-order valence-electron chi connectivity index (χ3n) is 4.37. The molecule has 0 fully saturated rings. The molecule has 0 saturated heterocycles. The van der Waals surface area contributed by atoms with E-state index < -0.39 is 0 Å². The van der Waals surface area contributed by atoms with E-state index in [1.807, 2.05) is 6.07 Å². The molecule has 1 heterocycles. The van der Waals surface area contributed by atoms with Crippen LogP contribution in [0, 0.1) is 5.92 Å². The van der Waals surface area contributed by atoms with Crippen LogP contribution in [0.2, 0.25) is 0 Å². The average Bonchev–Trinajstić information content (AvgIpc) is 3.01. The normalized spacial score (nSPS) is 17.0. The monoisotopic (exact) mass is 344 g/mol. The predicted molar refractivity (Wildman–Crippen MR) is 95.0 cm³/mol. The Labute approximate surface area is 144 Å². The molecule has 1 aromatic carbocycles. The van der Waals surface area contributed by atoms with Gasteiger partial charge in [0.25, 0.3) is 5.91 Å². The summed E-state index contributed by atoms with van der Waals surface area (Å²) in [6.45, 7) is 2.21. The fourth-order valence-electron chi connectivity index (χ4n) is 2.90. The number of amides is 1. The molecule has 24 heavy (non-hydrogen) atoms. The zero-order valence-corrected chi connectivity index (χ0v) is 14.3. The fourth-order valence-corrected chi connectivity index (χ4v) is 4.00. The standard InChI is InChI=1S/C18H20N2O3S/c1-2-11-4-6-16-13(7-11)9-17(24-16)18(23)20-19-10-12-3-5-14(21)15(22)8-12/h3,5,8-11,21-22H,2,4,6-7H2,1H3,(H,20,23)/b19-10-/t11-/m0/s1. The number of aromatic hydroxyl groups is 2. The van der Waals surface area contributed by atoms with Crippen LogP contribution in [0.25, 0.3) is 0 Å². The Bertz CT molecular complexity index is 783. The summed E-state index contributed by atoms with van der Waals surface area (Å²) < 4.78 is 0. The number of rotatable bonds is 4. The summed E-state index contributed by atoms with van der Waals surface area (Å²) in [5.41, 5.74) is 4.40. The molecule has 3 N–H and O–H groups in total. The summed E-state index contributed by atoms with van der Waals surface area (Å²) in [4.78, 5) is 14.2. The molecule has 126 valence electrons. The summed E-state index contributed by atoms with van der Waals surface area (Å²) in [6.07, 6.45) is 5.93. The second kappa shape index (κ2) is 7.05. The number of carbonyl (C=O) groups is 1. The second-order valence-corrected chi connectivity index (χ2v) is 7.16. The predicted octanol–water partition coefficient (Wildman–Crippen LogP) is 3.44. The Kier molecular flexibility index (Phi) is 4.85. The minimum Gasteiger partial charge on any atom is -0.504 e. The van der Waals surface area contributed by atoms with Gasteiger partial charge >= 0.3 is 0 Å². The first-order valence-corrected chi connectivity index (χ1v) is 8.85. The first kappa shape index (κ1) is 16.5. The van der Waals surface area contributed by atoms with Gasteiger partial charge in [-0.15, -0.1) is 11.3 Å². The lowest BCUT2D eigenvalue weighted by atomic mass is 9.87. The quantitative estimate of drug-likeness (QED) is 0.451. The first-order valence-electron chi connectivity index (χ1n) is 8.03. The number of benzene rings is 1. The molecule has 6 heteroatoms. The number of hydrazone groups is 1. The minimum atomic E-state index is -0.221. The van der Waals surface area contributed by atoms with Gasteiger partial charge in [-0.3, -0.25) is 4.79 Å². The summed E-state index contributed by atoms with van der Waals surface area (Å²) in [6, 6.07) is 6.33. The van der Waals surface area contributed by atoms with E-state index in [1.54, 1.807) is 17.4 Å². The van der Waals surface area contributed by atoms with Gasteiger partial charge in [-0.05, 0) is 60.6 Å².